The Bertz CT molecular complexity index is 974. The first-order chi connectivity index (χ1) is 11.3. The minimum absolute atomic E-state index is 0.0332. The molecule has 0 fully saturated rings. The summed E-state index contributed by atoms with van der Waals surface area (Å²) in [6.07, 6.45) is 2.94. The lowest BCUT2D eigenvalue weighted by Gasteiger charge is -2.03. The molecule has 0 unspecified atom stereocenters. The Morgan fingerprint density at radius 3 is 2.67 bits per heavy atom. The van der Waals surface area contributed by atoms with Crippen LogP contribution in [0.5, 0.6) is 0 Å². The zero-order valence-electron chi connectivity index (χ0n) is 13.6. The van der Waals surface area contributed by atoms with Crippen LogP contribution in [0.1, 0.15) is 16.8 Å². The Labute approximate surface area is 140 Å². The van der Waals surface area contributed by atoms with Crippen molar-refractivity contribution in [3.63, 3.8) is 0 Å². The minimum atomic E-state index is -3.76. The van der Waals surface area contributed by atoms with Crippen LogP contribution in [0.25, 0.3) is 0 Å². The van der Waals surface area contributed by atoms with E-state index >= 15 is 0 Å². The third-order valence-corrected chi connectivity index (χ3v) is 4.88. The molecule has 2 aromatic heterocycles. The van der Waals surface area contributed by atoms with Crippen LogP contribution in [0, 0.1) is 13.8 Å². The zero-order chi connectivity index (χ0) is 17.3. The van der Waals surface area contributed by atoms with Crippen molar-refractivity contribution in [1.29, 1.82) is 0 Å². The molecule has 0 saturated heterocycles. The van der Waals surface area contributed by atoms with Crippen molar-refractivity contribution in [2.45, 2.75) is 25.3 Å². The fraction of sp³-hybridized carbons (Fsp3) is 0.267. The van der Waals surface area contributed by atoms with Crippen molar-refractivity contribution >= 4 is 16.0 Å². The lowest BCUT2D eigenvalue weighted by molar-refractivity contribution is 0.600. The SMILES string of the molecule is Cc1cccc(Cn2cnc(NS(=O)(=O)c3cn(C)nc3C)n2)c1. The van der Waals surface area contributed by atoms with E-state index in [4.69, 9.17) is 0 Å². The minimum Gasteiger partial charge on any atom is -0.274 e. The molecule has 0 aliphatic heterocycles. The van der Waals surface area contributed by atoms with Gasteiger partial charge in [-0.25, -0.2) is 17.8 Å². The molecule has 3 rings (SSSR count). The number of sulfonamides is 1. The van der Waals surface area contributed by atoms with Crippen LogP contribution in [0.2, 0.25) is 0 Å². The van der Waals surface area contributed by atoms with Crippen molar-refractivity contribution in [3.05, 3.63) is 53.6 Å². The Morgan fingerprint density at radius 1 is 1.21 bits per heavy atom. The van der Waals surface area contributed by atoms with E-state index < -0.39 is 10.0 Å². The van der Waals surface area contributed by atoms with Gasteiger partial charge in [0.1, 0.15) is 11.2 Å². The molecule has 0 radical (unpaired) electrons. The number of aryl methyl sites for hydroxylation is 3. The number of hydrogen-bond donors (Lipinski definition) is 1. The Morgan fingerprint density at radius 2 is 2.00 bits per heavy atom. The lowest BCUT2D eigenvalue weighted by atomic mass is 10.1. The van der Waals surface area contributed by atoms with Gasteiger partial charge in [0, 0.05) is 13.2 Å². The van der Waals surface area contributed by atoms with Crippen LogP contribution in [-0.2, 0) is 23.6 Å². The van der Waals surface area contributed by atoms with Crippen molar-refractivity contribution in [1.82, 2.24) is 24.5 Å². The van der Waals surface area contributed by atoms with E-state index in [-0.39, 0.29) is 10.8 Å². The standard InChI is InChI=1S/C15H18N6O2S/c1-11-5-4-6-13(7-11)8-21-10-16-15(18-21)19-24(22,23)14-9-20(3)17-12(14)2/h4-7,9-10H,8H2,1-3H3,(H,18,19). The van der Waals surface area contributed by atoms with E-state index in [9.17, 15) is 8.42 Å². The van der Waals surface area contributed by atoms with E-state index in [0.29, 0.717) is 12.2 Å². The molecule has 9 heteroatoms. The summed E-state index contributed by atoms with van der Waals surface area (Å²) in [7, 11) is -2.09. The molecule has 3 aromatic rings. The van der Waals surface area contributed by atoms with E-state index in [0.717, 1.165) is 11.1 Å². The summed E-state index contributed by atoms with van der Waals surface area (Å²) in [5.41, 5.74) is 2.64. The third-order valence-electron chi connectivity index (χ3n) is 3.45. The molecule has 0 atom stereocenters. The highest BCUT2D eigenvalue weighted by atomic mass is 32.2. The number of aromatic nitrogens is 5. The Hall–Kier alpha value is -2.68. The molecule has 0 aliphatic rings. The number of hydrogen-bond acceptors (Lipinski definition) is 5. The van der Waals surface area contributed by atoms with Gasteiger partial charge in [-0.15, -0.1) is 5.10 Å². The van der Waals surface area contributed by atoms with Crippen LogP contribution in [0.3, 0.4) is 0 Å². The van der Waals surface area contributed by atoms with Crippen molar-refractivity contribution in [3.8, 4) is 0 Å². The first kappa shape index (κ1) is 16.2. The molecule has 1 aromatic carbocycles. The molecule has 2 heterocycles. The molecule has 1 N–H and O–H groups in total. The van der Waals surface area contributed by atoms with Crippen molar-refractivity contribution in [2.75, 3.05) is 4.72 Å². The van der Waals surface area contributed by atoms with E-state index in [1.54, 1.807) is 18.7 Å². The highest BCUT2D eigenvalue weighted by Gasteiger charge is 2.21. The average molecular weight is 346 g/mol. The van der Waals surface area contributed by atoms with Gasteiger partial charge >= 0.3 is 0 Å². The molecule has 0 aliphatic carbocycles. The summed E-state index contributed by atoms with van der Waals surface area (Å²) in [6, 6.07) is 8.01. The quantitative estimate of drug-likeness (QED) is 0.755. The first-order valence-corrected chi connectivity index (χ1v) is 8.80. The fourth-order valence-electron chi connectivity index (χ4n) is 2.43. The Balaban J connectivity index is 1.77. The maximum absolute atomic E-state index is 12.4. The van der Waals surface area contributed by atoms with Gasteiger partial charge in [-0.1, -0.05) is 29.8 Å². The molecule has 126 valence electrons. The summed E-state index contributed by atoms with van der Waals surface area (Å²) >= 11 is 0. The first-order valence-electron chi connectivity index (χ1n) is 7.31. The normalized spacial score (nSPS) is 11.6. The van der Waals surface area contributed by atoms with Gasteiger partial charge in [0.05, 0.1) is 12.2 Å². The number of nitrogens with zero attached hydrogens (tertiary/aromatic N) is 5. The topological polar surface area (TPSA) is 94.7 Å². The molecule has 0 saturated carbocycles. The van der Waals surface area contributed by atoms with Crippen LogP contribution >= 0.6 is 0 Å². The number of nitrogens with one attached hydrogen (secondary N) is 1. The van der Waals surface area contributed by atoms with Crippen LogP contribution in [0.4, 0.5) is 5.95 Å². The summed E-state index contributed by atoms with van der Waals surface area (Å²) in [4.78, 5) is 4.13. The largest absolute Gasteiger partial charge is 0.274 e. The van der Waals surface area contributed by atoms with E-state index in [1.807, 2.05) is 31.2 Å². The van der Waals surface area contributed by atoms with Gasteiger partial charge in [-0.05, 0) is 19.4 Å². The second-order valence-electron chi connectivity index (χ2n) is 5.61. The van der Waals surface area contributed by atoms with Gasteiger partial charge in [0.25, 0.3) is 16.0 Å². The molecule has 8 nitrogen and oxygen atoms in total. The summed E-state index contributed by atoms with van der Waals surface area (Å²) in [5.74, 6) is 0.0332. The van der Waals surface area contributed by atoms with Crippen molar-refractivity contribution in [2.24, 2.45) is 7.05 Å². The highest BCUT2D eigenvalue weighted by molar-refractivity contribution is 7.92. The number of rotatable bonds is 5. The van der Waals surface area contributed by atoms with Gasteiger partial charge in [0.15, 0.2) is 0 Å². The van der Waals surface area contributed by atoms with E-state index in [2.05, 4.69) is 19.9 Å². The van der Waals surface area contributed by atoms with Gasteiger partial charge in [-0.2, -0.15) is 10.1 Å². The predicted molar refractivity (Wildman–Crippen MR) is 89.1 cm³/mol. The molecule has 0 bridgehead atoms. The summed E-state index contributed by atoms with van der Waals surface area (Å²) in [5, 5.41) is 8.21. The molecule has 0 spiro atoms. The lowest BCUT2D eigenvalue weighted by Crippen LogP contribution is -2.15. The molecule has 0 amide bonds. The van der Waals surface area contributed by atoms with Gasteiger partial charge in [-0.3, -0.25) is 4.68 Å². The van der Waals surface area contributed by atoms with Crippen LogP contribution < -0.4 is 4.72 Å². The van der Waals surface area contributed by atoms with Gasteiger partial charge < -0.3 is 0 Å². The van der Waals surface area contributed by atoms with E-state index in [1.165, 1.54) is 17.2 Å². The maximum Gasteiger partial charge on any atom is 0.267 e. The molecular weight excluding hydrogens is 328 g/mol. The highest BCUT2D eigenvalue weighted by Crippen LogP contribution is 2.16. The maximum atomic E-state index is 12.4. The molecular formula is C15H18N6O2S. The second-order valence-corrected chi connectivity index (χ2v) is 7.26. The smallest absolute Gasteiger partial charge is 0.267 e. The summed E-state index contributed by atoms with van der Waals surface area (Å²) < 4.78 is 30.2. The average Bonchev–Trinajstić information content (AvgIpc) is 3.05. The zero-order valence-corrected chi connectivity index (χ0v) is 14.4. The summed E-state index contributed by atoms with van der Waals surface area (Å²) in [6.45, 7) is 4.17. The van der Waals surface area contributed by atoms with Crippen LogP contribution in [0.15, 0.2) is 41.7 Å². The van der Waals surface area contributed by atoms with Crippen molar-refractivity contribution < 1.29 is 8.42 Å². The third kappa shape index (κ3) is 3.46. The number of benzene rings is 1. The Kier molecular flexibility index (Phi) is 4.10. The van der Waals surface area contributed by atoms with Gasteiger partial charge in [0.2, 0.25) is 0 Å². The fourth-order valence-corrected chi connectivity index (χ4v) is 3.60. The molecule has 24 heavy (non-hydrogen) atoms. The monoisotopic (exact) mass is 346 g/mol. The second kappa shape index (κ2) is 6.08. The van der Waals surface area contributed by atoms with Crippen LogP contribution in [-0.4, -0.2) is 33.0 Å². The predicted octanol–water partition coefficient (Wildman–Crippen LogP) is 1.48. The number of anilines is 1.